The van der Waals surface area contributed by atoms with Crippen molar-refractivity contribution in [3.63, 3.8) is 0 Å². The Balaban J connectivity index is 1.97. The predicted molar refractivity (Wildman–Crippen MR) is 77.7 cm³/mol. The zero-order chi connectivity index (χ0) is 14.4. The van der Waals surface area contributed by atoms with E-state index in [-0.39, 0.29) is 0 Å². The molecule has 0 aliphatic heterocycles. The van der Waals surface area contributed by atoms with Crippen LogP contribution in [0.5, 0.6) is 0 Å². The summed E-state index contributed by atoms with van der Waals surface area (Å²) in [6.45, 7) is 4.56. The van der Waals surface area contributed by atoms with Crippen molar-refractivity contribution in [1.29, 1.82) is 0 Å². The summed E-state index contributed by atoms with van der Waals surface area (Å²) >= 11 is 1.56. The second-order valence-electron chi connectivity index (χ2n) is 4.44. The number of nitrogens with one attached hydrogen (secondary N) is 1. The van der Waals surface area contributed by atoms with E-state index < -0.39 is 0 Å². The highest BCUT2D eigenvalue weighted by atomic mass is 32.2. The molecule has 0 unspecified atom stereocenters. The summed E-state index contributed by atoms with van der Waals surface area (Å²) in [6.07, 6.45) is 0. The molecule has 108 valence electrons. The molecule has 0 aliphatic rings. The molecule has 2 rings (SSSR count). The molecule has 1 N–H and O–H groups in total. The minimum atomic E-state index is 0.728. The van der Waals surface area contributed by atoms with E-state index in [9.17, 15) is 0 Å². The van der Waals surface area contributed by atoms with Crippen LogP contribution in [-0.4, -0.2) is 40.5 Å². The molecule has 0 atom stereocenters. The monoisotopic (exact) mass is 293 g/mol. The van der Waals surface area contributed by atoms with Crippen LogP contribution in [0.15, 0.2) is 28.3 Å². The van der Waals surface area contributed by atoms with Crippen LogP contribution in [0.3, 0.4) is 0 Å². The standard InChI is InChI=1S/C13H19N5OS/c1-10-8-12(20-13-15-16-17-18(13)2)5-4-11(10)9-14-6-7-19-3/h4-5,8,14H,6-7,9H2,1-3H3. The number of rotatable bonds is 7. The van der Waals surface area contributed by atoms with Gasteiger partial charge in [0.15, 0.2) is 0 Å². The van der Waals surface area contributed by atoms with E-state index in [1.165, 1.54) is 11.1 Å². The highest BCUT2D eigenvalue weighted by Gasteiger charge is 2.06. The summed E-state index contributed by atoms with van der Waals surface area (Å²) < 4.78 is 6.68. The lowest BCUT2D eigenvalue weighted by Crippen LogP contribution is -2.19. The zero-order valence-corrected chi connectivity index (χ0v) is 12.8. The van der Waals surface area contributed by atoms with Crippen LogP contribution < -0.4 is 5.32 Å². The lowest BCUT2D eigenvalue weighted by atomic mass is 10.1. The summed E-state index contributed by atoms with van der Waals surface area (Å²) in [7, 11) is 3.55. The van der Waals surface area contributed by atoms with Crippen LogP contribution in [0.4, 0.5) is 0 Å². The van der Waals surface area contributed by atoms with Crippen LogP contribution in [0.1, 0.15) is 11.1 Å². The molecule has 2 aromatic rings. The summed E-state index contributed by atoms with van der Waals surface area (Å²) in [5.74, 6) is 0. The zero-order valence-electron chi connectivity index (χ0n) is 12.0. The molecule has 0 spiro atoms. The molecule has 0 aliphatic carbocycles. The third-order valence-electron chi connectivity index (χ3n) is 2.90. The first kappa shape index (κ1) is 15.0. The van der Waals surface area contributed by atoms with Gasteiger partial charge < -0.3 is 10.1 Å². The third kappa shape index (κ3) is 4.03. The van der Waals surface area contributed by atoms with Gasteiger partial charge >= 0.3 is 0 Å². The number of methoxy groups -OCH3 is 1. The fourth-order valence-corrected chi connectivity index (χ4v) is 2.57. The fraction of sp³-hybridized carbons (Fsp3) is 0.462. The Morgan fingerprint density at radius 3 is 2.90 bits per heavy atom. The first-order valence-corrected chi connectivity index (χ1v) is 7.21. The van der Waals surface area contributed by atoms with Crippen molar-refractivity contribution in [2.75, 3.05) is 20.3 Å². The van der Waals surface area contributed by atoms with E-state index in [0.717, 1.165) is 29.7 Å². The van der Waals surface area contributed by atoms with Crippen molar-refractivity contribution in [2.45, 2.75) is 23.5 Å². The molecule has 0 saturated heterocycles. The van der Waals surface area contributed by atoms with Gasteiger partial charge in [-0.1, -0.05) is 6.07 Å². The molecular weight excluding hydrogens is 274 g/mol. The molecule has 20 heavy (non-hydrogen) atoms. The maximum absolute atomic E-state index is 5.01. The topological polar surface area (TPSA) is 64.9 Å². The lowest BCUT2D eigenvalue weighted by molar-refractivity contribution is 0.199. The van der Waals surface area contributed by atoms with E-state index in [1.807, 2.05) is 7.05 Å². The first-order valence-electron chi connectivity index (χ1n) is 6.40. The maximum atomic E-state index is 5.01. The molecule has 7 heteroatoms. The van der Waals surface area contributed by atoms with Crippen molar-refractivity contribution in [3.05, 3.63) is 29.3 Å². The first-order chi connectivity index (χ1) is 9.70. The van der Waals surface area contributed by atoms with Gasteiger partial charge in [0.2, 0.25) is 5.16 Å². The molecule has 0 amide bonds. The van der Waals surface area contributed by atoms with Crippen LogP contribution in [0.25, 0.3) is 0 Å². The Labute approximate surface area is 122 Å². The smallest absolute Gasteiger partial charge is 0.213 e. The van der Waals surface area contributed by atoms with Gasteiger partial charge in [-0.3, -0.25) is 0 Å². The number of hydrogen-bond donors (Lipinski definition) is 1. The number of aromatic nitrogens is 4. The molecular formula is C13H19N5OS. The van der Waals surface area contributed by atoms with Crippen molar-refractivity contribution in [2.24, 2.45) is 7.05 Å². The Morgan fingerprint density at radius 2 is 2.25 bits per heavy atom. The molecule has 0 fully saturated rings. The maximum Gasteiger partial charge on any atom is 0.213 e. The Hall–Kier alpha value is -1.44. The van der Waals surface area contributed by atoms with Gasteiger partial charge in [-0.2, -0.15) is 0 Å². The molecule has 0 bridgehead atoms. The van der Waals surface area contributed by atoms with Gasteiger partial charge in [0.05, 0.1) is 6.61 Å². The quantitative estimate of drug-likeness (QED) is 0.779. The number of benzene rings is 1. The summed E-state index contributed by atoms with van der Waals surface area (Å²) in [4.78, 5) is 1.14. The SMILES string of the molecule is COCCNCc1ccc(Sc2nnnn2C)cc1C. The number of ether oxygens (including phenoxy) is 1. The van der Waals surface area contributed by atoms with Crippen molar-refractivity contribution in [1.82, 2.24) is 25.5 Å². The molecule has 6 nitrogen and oxygen atoms in total. The number of tetrazole rings is 1. The largest absolute Gasteiger partial charge is 0.383 e. The van der Waals surface area contributed by atoms with E-state index in [4.69, 9.17) is 4.74 Å². The van der Waals surface area contributed by atoms with Crippen LogP contribution in [0, 0.1) is 6.92 Å². The van der Waals surface area contributed by atoms with E-state index in [1.54, 1.807) is 23.6 Å². The molecule has 0 radical (unpaired) electrons. The van der Waals surface area contributed by atoms with Crippen molar-refractivity contribution in [3.8, 4) is 0 Å². The Kier molecular flexibility index (Phi) is 5.51. The van der Waals surface area contributed by atoms with Gasteiger partial charge in [0, 0.05) is 32.1 Å². The molecule has 1 aromatic carbocycles. The minimum Gasteiger partial charge on any atom is -0.383 e. The predicted octanol–water partition coefficient (Wildman–Crippen LogP) is 1.41. The molecule has 1 aromatic heterocycles. The number of aryl methyl sites for hydroxylation is 2. The van der Waals surface area contributed by atoms with Gasteiger partial charge in [0.1, 0.15) is 0 Å². The normalized spacial score (nSPS) is 10.9. The molecule has 1 heterocycles. The van der Waals surface area contributed by atoms with Crippen LogP contribution in [0.2, 0.25) is 0 Å². The van der Waals surface area contributed by atoms with Gasteiger partial charge in [-0.05, 0) is 52.4 Å². The van der Waals surface area contributed by atoms with Crippen LogP contribution >= 0.6 is 11.8 Å². The van der Waals surface area contributed by atoms with Crippen molar-refractivity contribution < 1.29 is 4.74 Å². The number of hydrogen-bond acceptors (Lipinski definition) is 6. The van der Waals surface area contributed by atoms with E-state index in [0.29, 0.717) is 0 Å². The third-order valence-corrected chi connectivity index (χ3v) is 3.92. The molecule has 0 saturated carbocycles. The average molecular weight is 293 g/mol. The summed E-state index contributed by atoms with van der Waals surface area (Å²) in [6, 6.07) is 6.40. The second kappa shape index (κ2) is 7.37. The van der Waals surface area contributed by atoms with E-state index in [2.05, 4.69) is 46.0 Å². The van der Waals surface area contributed by atoms with Gasteiger partial charge in [0.25, 0.3) is 0 Å². The lowest BCUT2D eigenvalue weighted by Gasteiger charge is -2.09. The highest BCUT2D eigenvalue weighted by Crippen LogP contribution is 2.26. The van der Waals surface area contributed by atoms with Crippen LogP contribution in [-0.2, 0) is 18.3 Å². The Morgan fingerprint density at radius 1 is 1.40 bits per heavy atom. The second-order valence-corrected chi connectivity index (χ2v) is 5.49. The average Bonchev–Trinajstić information content (AvgIpc) is 2.82. The highest BCUT2D eigenvalue weighted by molar-refractivity contribution is 7.99. The van der Waals surface area contributed by atoms with Gasteiger partial charge in [-0.25, -0.2) is 4.68 Å². The van der Waals surface area contributed by atoms with Gasteiger partial charge in [-0.15, -0.1) is 5.10 Å². The van der Waals surface area contributed by atoms with E-state index >= 15 is 0 Å². The minimum absolute atomic E-state index is 0.728. The summed E-state index contributed by atoms with van der Waals surface area (Å²) in [5.41, 5.74) is 2.55. The van der Waals surface area contributed by atoms with Crippen molar-refractivity contribution >= 4 is 11.8 Å². The number of nitrogens with zero attached hydrogens (tertiary/aromatic N) is 4. The summed E-state index contributed by atoms with van der Waals surface area (Å²) in [5, 5.41) is 15.6. The fourth-order valence-electron chi connectivity index (χ4n) is 1.74. The Bertz CT molecular complexity index is 557.